The molecule has 122 valence electrons. The number of rotatable bonds is 9. The zero-order chi connectivity index (χ0) is 16.0. The second-order valence-corrected chi connectivity index (χ2v) is 5.37. The van der Waals surface area contributed by atoms with Gasteiger partial charge in [0.25, 0.3) is 0 Å². The third kappa shape index (κ3) is 3.66. The average molecular weight is 308 g/mol. The molecule has 0 radical (unpaired) electrons. The van der Waals surface area contributed by atoms with Gasteiger partial charge in [0.05, 0.1) is 19.3 Å². The van der Waals surface area contributed by atoms with E-state index in [9.17, 15) is 9.90 Å². The van der Waals surface area contributed by atoms with Crippen molar-refractivity contribution >= 4 is 5.97 Å². The van der Waals surface area contributed by atoms with Crippen LogP contribution in [-0.4, -0.2) is 42.1 Å². The number of carbonyl (C=O) groups is 1. The molecule has 0 saturated carbocycles. The fourth-order valence-corrected chi connectivity index (χ4v) is 2.61. The van der Waals surface area contributed by atoms with Crippen molar-refractivity contribution in [3.05, 3.63) is 35.9 Å². The molecule has 1 aliphatic rings. The average Bonchev–Trinajstić information content (AvgIpc) is 3.28. The van der Waals surface area contributed by atoms with Gasteiger partial charge in [0, 0.05) is 13.0 Å². The van der Waals surface area contributed by atoms with E-state index < -0.39 is 17.7 Å². The number of epoxide rings is 1. The molecular formula is C17H24O5. The largest absolute Gasteiger partial charge is 0.464 e. The SMILES string of the molecule is CCOC(=O)[C@@]1([C@H](O)CCOCc2ccccc2)OC1CC. The predicted octanol–water partition coefficient (Wildman–Crippen LogP) is 2.06. The molecule has 1 unspecified atom stereocenters. The molecule has 0 amide bonds. The number of carbonyl (C=O) groups excluding carboxylic acids is 1. The molecule has 3 atom stereocenters. The van der Waals surface area contributed by atoms with Crippen molar-refractivity contribution in [2.45, 2.75) is 51.1 Å². The van der Waals surface area contributed by atoms with Gasteiger partial charge in [-0.25, -0.2) is 4.79 Å². The van der Waals surface area contributed by atoms with Gasteiger partial charge in [-0.05, 0) is 18.9 Å². The van der Waals surface area contributed by atoms with Crippen LogP contribution < -0.4 is 0 Å². The number of ether oxygens (including phenoxy) is 3. The molecule has 1 heterocycles. The highest BCUT2D eigenvalue weighted by Gasteiger charge is 2.67. The first-order valence-corrected chi connectivity index (χ1v) is 7.79. The van der Waals surface area contributed by atoms with Crippen molar-refractivity contribution in [1.82, 2.24) is 0 Å². The summed E-state index contributed by atoms with van der Waals surface area (Å²) in [5, 5.41) is 10.3. The van der Waals surface area contributed by atoms with E-state index in [-0.39, 0.29) is 12.7 Å². The van der Waals surface area contributed by atoms with Crippen LogP contribution in [-0.2, 0) is 25.6 Å². The van der Waals surface area contributed by atoms with Gasteiger partial charge in [-0.3, -0.25) is 0 Å². The fraction of sp³-hybridized carbons (Fsp3) is 0.588. The molecule has 0 spiro atoms. The van der Waals surface area contributed by atoms with Gasteiger partial charge in [0.2, 0.25) is 5.60 Å². The molecule has 1 aromatic rings. The van der Waals surface area contributed by atoms with E-state index in [1.54, 1.807) is 6.92 Å². The van der Waals surface area contributed by atoms with E-state index in [1.807, 2.05) is 37.3 Å². The molecule has 1 aliphatic heterocycles. The summed E-state index contributed by atoms with van der Waals surface area (Å²) in [5.74, 6) is -0.475. The summed E-state index contributed by atoms with van der Waals surface area (Å²) in [6, 6.07) is 9.81. The molecule has 0 aliphatic carbocycles. The summed E-state index contributed by atoms with van der Waals surface area (Å²) in [6.07, 6.45) is -0.175. The quantitative estimate of drug-likeness (QED) is 0.430. The van der Waals surface area contributed by atoms with Gasteiger partial charge >= 0.3 is 5.97 Å². The minimum Gasteiger partial charge on any atom is -0.464 e. The Morgan fingerprint density at radius 1 is 1.36 bits per heavy atom. The third-order valence-electron chi connectivity index (χ3n) is 3.87. The number of hydrogen-bond acceptors (Lipinski definition) is 5. The first-order chi connectivity index (χ1) is 10.6. The van der Waals surface area contributed by atoms with E-state index in [1.165, 1.54) is 0 Å². The van der Waals surface area contributed by atoms with Crippen LogP contribution >= 0.6 is 0 Å². The van der Waals surface area contributed by atoms with Crippen molar-refractivity contribution in [2.24, 2.45) is 0 Å². The summed E-state index contributed by atoms with van der Waals surface area (Å²) in [7, 11) is 0. The smallest absolute Gasteiger partial charge is 0.343 e. The van der Waals surface area contributed by atoms with Crippen LogP contribution in [0.3, 0.4) is 0 Å². The van der Waals surface area contributed by atoms with Crippen LogP contribution in [0.5, 0.6) is 0 Å². The zero-order valence-corrected chi connectivity index (χ0v) is 13.2. The van der Waals surface area contributed by atoms with Crippen LogP contribution in [0.25, 0.3) is 0 Å². The van der Waals surface area contributed by atoms with E-state index in [0.717, 1.165) is 5.56 Å². The van der Waals surface area contributed by atoms with Gasteiger partial charge in [0.15, 0.2) is 0 Å². The van der Waals surface area contributed by atoms with Crippen molar-refractivity contribution in [3.8, 4) is 0 Å². The van der Waals surface area contributed by atoms with Gasteiger partial charge in [-0.15, -0.1) is 0 Å². The van der Waals surface area contributed by atoms with Crippen LogP contribution in [0, 0.1) is 0 Å². The summed E-state index contributed by atoms with van der Waals surface area (Å²) >= 11 is 0. The Balaban J connectivity index is 1.80. The van der Waals surface area contributed by atoms with Gasteiger partial charge < -0.3 is 19.3 Å². The van der Waals surface area contributed by atoms with Gasteiger partial charge in [-0.1, -0.05) is 37.3 Å². The second kappa shape index (κ2) is 7.72. The summed E-state index contributed by atoms with van der Waals surface area (Å²) in [6.45, 7) is 4.78. The first kappa shape index (κ1) is 16.9. The second-order valence-electron chi connectivity index (χ2n) is 5.37. The molecule has 1 aromatic carbocycles. The maximum atomic E-state index is 12.0. The van der Waals surface area contributed by atoms with Crippen molar-refractivity contribution < 1.29 is 24.1 Å². The fourth-order valence-electron chi connectivity index (χ4n) is 2.61. The Morgan fingerprint density at radius 3 is 2.68 bits per heavy atom. The van der Waals surface area contributed by atoms with E-state index in [0.29, 0.717) is 26.1 Å². The van der Waals surface area contributed by atoms with Gasteiger partial charge in [0.1, 0.15) is 6.10 Å². The number of aliphatic hydroxyl groups is 1. The highest BCUT2D eigenvalue weighted by atomic mass is 16.7. The van der Waals surface area contributed by atoms with Gasteiger partial charge in [-0.2, -0.15) is 0 Å². The Kier molecular flexibility index (Phi) is 5.94. The van der Waals surface area contributed by atoms with Crippen molar-refractivity contribution in [1.29, 1.82) is 0 Å². The minimum atomic E-state index is -1.19. The lowest BCUT2D eigenvalue weighted by molar-refractivity contribution is -0.154. The van der Waals surface area contributed by atoms with E-state index in [4.69, 9.17) is 14.2 Å². The maximum Gasteiger partial charge on any atom is 0.343 e. The standard InChI is InChI=1S/C17H24O5/c1-3-15-17(22-15,16(19)21-4-2)14(18)10-11-20-12-13-8-6-5-7-9-13/h5-9,14-15,18H,3-4,10-12H2,1-2H3/t14-,15?,17+/m1/s1. The molecule has 0 bridgehead atoms. The lowest BCUT2D eigenvalue weighted by Gasteiger charge is -2.18. The molecule has 1 fully saturated rings. The maximum absolute atomic E-state index is 12.0. The summed E-state index contributed by atoms with van der Waals surface area (Å²) < 4.78 is 16.1. The summed E-state index contributed by atoms with van der Waals surface area (Å²) in [4.78, 5) is 12.0. The number of benzene rings is 1. The molecule has 22 heavy (non-hydrogen) atoms. The van der Waals surface area contributed by atoms with Crippen LogP contribution in [0.4, 0.5) is 0 Å². The Hall–Kier alpha value is -1.43. The number of esters is 1. The summed E-state index contributed by atoms with van der Waals surface area (Å²) in [5.41, 5.74) is -0.118. The normalized spacial score (nSPS) is 24.8. The van der Waals surface area contributed by atoms with Crippen molar-refractivity contribution in [2.75, 3.05) is 13.2 Å². The molecule has 5 nitrogen and oxygen atoms in total. The topological polar surface area (TPSA) is 68.3 Å². The predicted molar refractivity (Wildman–Crippen MR) is 81.2 cm³/mol. The lowest BCUT2D eigenvalue weighted by atomic mass is 9.94. The van der Waals surface area contributed by atoms with E-state index in [2.05, 4.69) is 0 Å². The number of aliphatic hydroxyl groups excluding tert-OH is 1. The first-order valence-electron chi connectivity index (χ1n) is 7.79. The highest BCUT2D eigenvalue weighted by molar-refractivity contribution is 5.84. The van der Waals surface area contributed by atoms with Crippen molar-refractivity contribution in [3.63, 3.8) is 0 Å². The van der Waals surface area contributed by atoms with Crippen LogP contribution in [0.1, 0.15) is 32.3 Å². The molecule has 2 rings (SSSR count). The van der Waals surface area contributed by atoms with Crippen LogP contribution in [0.15, 0.2) is 30.3 Å². The molecule has 0 aromatic heterocycles. The van der Waals surface area contributed by atoms with E-state index >= 15 is 0 Å². The Morgan fingerprint density at radius 2 is 2.09 bits per heavy atom. The number of hydrogen-bond donors (Lipinski definition) is 1. The Bertz CT molecular complexity index is 475. The monoisotopic (exact) mass is 308 g/mol. The van der Waals surface area contributed by atoms with Crippen LogP contribution in [0.2, 0.25) is 0 Å². The molecular weight excluding hydrogens is 284 g/mol. The highest BCUT2D eigenvalue weighted by Crippen LogP contribution is 2.44. The Labute approximate surface area is 131 Å². The lowest BCUT2D eigenvalue weighted by Crippen LogP contribution is -2.42. The minimum absolute atomic E-state index is 0.268. The molecule has 5 heteroatoms. The molecule has 1 saturated heterocycles. The molecule has 1 N–H and O–H groups in total. The third-order valence-corrected chi connectivity index (χ3v) is 3.87. The zero-order valence-electron chi connectivity index (χ0n) is 13.2.